The molecule has 2 rings (SSSR count). The largest absolute Gasteiger partial charge is 0.376 e. The molecular formula is C9H15N3O. The van der Waals surface area contributed by atoms with Crippen LogP contribution in [0.2, 0.25) is 0 Å². The van der Waals surface area contributed by atoms with E-state index in [9.17, 15) is 0 Å². The van der Waals surface area contributed by atoms with Crippen molar-refractivity contribution in [3.05, 3.63) is 18.2 Å². The van der Waals surface area contributed by atoms with Crippen LogP contribution in [0.15, 0.2) is 12.5 Å². The third-order valence-electron chi connectivity index (χ3n) is 2.43. The first-order valence-electron chi connectivity index (χ1n) is 4.71. The molecule has 0 bridgehead atoms. The lowest BCUT2D eigenvalue weighted by Crippen LogP contribution is -2.17. The Morgan fingerprint density at radius 2 is 2.62 bits per heavy atom. The lowest BCUT2D eigenvalue weighted by atomic mass is 10.2. The van der Waals surface area contributed by atoms with Gasteiger partial charge in [-0.05, 0) is 12.8 Å². The number of hydrogen-bond acceptors (Lipinski definition) is 3. The monoisotopic (exact) mass is 181 g/mol. The van der Waals surface area contributed by atoms with Gasteiger partial charge in [0.25, 0.3) is 0 Å². The number of imidazole rings is 1. The number of ether oxygens (including phenoxy) is 1. The molecule has 1 atom stereocenters. The highest BCUT2D eigenvalue weighted by Crippen LogP contribution is 2.14. The quantitative estimate of drug-likeness (QED) is 0.739. The summed E-state index contributed by atoms with van der Waals surface area (Å²) in [5, 5.41) is 0. The van der Waals surface area contributed by atoms with Crippen molar-refractivity contribution in [2.75, 3.05) is 6.61 Å². The topological polar surface area (TPSA) is 53.1 Å². The second-order valence-corrected chi connectivity index (χ2v) is 3.38. The second-order valence-electron chi connectivity index (χ2n) is 3.38. The maximum atomic E-state index is 5.57. The molecule has 1 saturated heterocycles. The zero-order chi connectivity index (χ0) is 9.10. The summed E-state index contributed by atoms with van der Waals surface area (Å²) in [5.41, 5.74) is 6.65. The number of aromatic nitrogens is 2. The number of hydrogen-bond donors (Lipinski definition) is 1. The molecule has 2 N–H and O–H groups in total. The highest BCUT2D eigenvalue weighted by molar-refractivity contribution is 4.97. The zero-order valence-corrected chi connectivity index (χ0v) is 7.65. The fourth-order valence-corrected chi connectivity index (χ4v) is 1.69. The minimum atomic E-state index is 0.361. The van der Waals surface area contributed by atoms with E-state index < -0.39 is 0 Å². The first-order chi connectivity index (χ1) is 6.40. The first kappa shape index (κ1) is 8.72. The van der Waals surface area contributed by atoms with Gasteiger partial charge in [0.1, 0.15) is 0 Å². The smallest absolute Gasteiger partial charge is 0.0949 e. The third-order valence-corrected chi connectivity index (χ3v) is 2.43. The summed E-state index contributed by atoms with van der Waals surface area (Å²) in [7, 11) is 0. The first-order valence-corrected chi connectivity index (χ1v) is 4.71. The van der Waals surface area contributed by atoms with Crippen LogP contribution in [0, 0.1) is 0 Å². The van der Waals surface area contributed by atoms with Gasteiger partial charge in [-0.1, -0.05) is 0 Å². The molecule has 0 aliphatic carbocycles. The maximum absolute atomic E-state index is 5.57. The molecule has 0 saturated carbocycles. The summed E-state index contributed by atoms with van der Waals surface area (Å²) in [4.78, 5) is 4.06. The number of nitrogens with two attached hydrogens (primary N) is 1. The van der Waals surface area contributed by atoms with Crippen LogP contribution in [0.3, 0.4) is 0 Å². The van der Waals surface area contributed by atoms with Gasteiger partial charge in [-0.3, -0.25) is 0 Å². The fourth-order valence-electron chi connectivity index (χ4n) is 1.69. The van der Waals surface area contributed by atoms with Crippen LogP contribution < -0.4 is 5.73 Å². The van der Waals surface area contributed by atoms with Gasteiger partial charge in [-0.25, -0.2) is 4.98 Å². The predicted molar refractivity (Wildman–Crippen MR) is 49.1 cm³/mol. The Hall–Kier alpha value is -0.870. The fraction of sp³-hybridized carbons (Fsp3) is 0.667. The Bertz CT molecular complexity index is 266. The molecule has 13 heavy (non-hydrogen) atoms. The molecule has 1 aliphatic heterocycles. The minimum absolute atomic E-state index is 0.361. The van der Waals surface area contributed by atoms with E-state index in [0.29, 0.717) is 12.6 Å². The van der Waals surface area contributed by atoms with E-state index in [-0.39, 0.29) is 0 Å². The van der Waals surface area contributed by atoms with E-state index in [1.54, 1.807) is 0 Å². The Labute approximate surface area is 77.7 Å². The van der Waals surface area contributed by atoms with E-state index >= 15 is 0 Å². The van der Waals surface area contributed by atoms with Crippen LogP contribution in [0.1, 0.15) is 18.5 Å². The summed E-state index contributed by atoms with van der Waals surface area (Å²) in [5.74, 6) is 0. The van der Waals surface area contributed by atoms with Crippen LogP contribution in [-0.2, 0) is 17.8 Å². The molecule has 0 spiro atoms. The highest BCUT2D eigenvalue weighted by atomic mass is 16.5. The Morgan fingerprint density at radius 1 is 1.69 bits per heavy atom. The lowest BCUT2D eigenvalue weighted by Gasteiger charge is -2.11. The molecule has 1 aromatic rings. The van der Waals surface area contributed by atoms with Crippen molar-refractivity contribution in [1.82, 2.24) is 9.55 Å². The maximum Gasteiger partial charge on any atom is 0.0949 e. The van der Waals surface area contributed by atoms with E-state index in [4.69, 9.17) is 10.5 Å². The van der Waals surface area contributed by atoms with Gasteiger partial charge in [-0.2, -0.15) is 0 Å². The molecule has 1 aliphatic rings. The van der Waals surface area contributed by atoms with E-state index in [1.165, 1.54) is 6.42 Å². The molecule has 1 unspecified atom stereocenters. The van der Waals surface area contributed by atoms with Crippen LogP contribution in [0.4, 0.5) is 0 Å². The Kier molecular flexibility index (Phi) is 2.61. The summed E-state index contributed by atoms with van der Waals surface area (Å²) in [6.07, 6.45) is 6.33. The van der Waals surface area contributed by atoms with Gasteiger partial charge >= 0.3 is 0 Å². The van der Waals surface area contributed by atoms with Crippen LogP contribution in [0.25, 0.3) is 0 Å². The van der Waals surface area contributed by atoms with Gasteiger partial charge < -0.3 is 15.0 Å². The van der Waals surface area contributed by atoms with Crippen LogP contribution in [0.5, 0.6) is 0 Å². The van der Waals surface area contributed by atoms with Crippen molar-refractivity contribution in [2.45, 2.75) is 32.0 Å². The molecule has 4 nitrogen and oxygen atoms in total. The normalized spacial score (nSPS) is 22.4. The van der Waals surface area contributed by atoms with E-state index in [1.807, 2.05) is 12.5 Å². The van der Waals surface area contributed by atoms with Gasteiger partial charge in [0.2, 0.25) is 0 Å². The SMILES string of the molecule is NCc1cncn1CC1CCCO1. The Balaban J connectivity index is 1.99. The molecule has 72 valence electrons. The Morgan fingerprint density at radius 3 is 3.31 bits per heavy atom. The average Bonchev–Trinajstić information content (AvgIpc) is 2.76. The van der Waals surface area contributed by atoms with Crippen molar-refractivity contribution in [3.63, 3.8) is 0 Å². The van der Waals surface area contributed by atoms with Gasteiger partial charge in [0.05, 0.1) is 24.7 Å². The van der Waals surface area contributed by atoms with Crippen LogP contribution >= 0.6 is 0 Å². The molecule has 0 amide bonds. The van der Waals surface area contributed by atoms with Crippen molar-refractivity contribution in [3.8, 4) is 0 Å². The van der Waals surface area contributed by atoms with E-state index in [0.717, 1.165) is 25.3 Å². The molecule has 0 aromatic carbocycles. The van der Waals surface area contributed by atoms with Crippen molar-refractivity contribution >= 4 is 0 Å². The second kappa shape index (κ2) is 3.89. The standard InChI is InChI=1S/C9H15N3O/c10-4-8-5-11-7-12(8)6-9-2-1-3-13-9/h5,7,9H,1-4,6,10H2. The summed E-state index contributed by atoms with van der Waals surface area (Å²) in [6.45, 7) is 2.34. The van der Waals surface area contributed by atoms with Crippen molar-refractivity contribution in [1.29, 1.82) is 0 Å². The molecule has 4 heteroatoms. The van der Waals surface area contributed by atoms with Gasteiger partial charge in [0, 0.05) is 19.3 Å². The summed E-state index contributed by atoms with van der Waals surface area (Å²) in [6, 6.07) is 0. The lowest BCUT2D eigenvalue weighted by molar-refractivity contribution is 0.0963. The summed E-state index contributed by atoms with van der Waals surface area (Å²) < 4.78 is 7.62. The van der Waals surface area contributed by atoms with Crippen molar-refractivity contribution in [2.24, 2.45) is 5.73 Å². The third kappa shape index (κ3) is 1.89. The van der Waals surface area contributed by atoms with E-state index in [2.05, 4.69) is 9.55 Å². The van der Waals surface area contributed by atoms with Crippen LogP contribution in [-0.4, -0.2) is 22.3 Å². The number of nitrogens with zero attached hydrogens (tertiary/aromatic N) is 2. The molecule has 1 aromatic heterocycles. The molecule has 0 radical (unpaired) electrons. The minimum Gasteiger partial charge on any atom is -0.376 e. The molecular weight excluding hydrogens is 166 g/mol. The molecule has 1 fully saturated rings. The average molecular weight is 181 g/mol. The predicted octanol–water partition coefficient (Wildman–Crippen LogP) is 0.521. The van der Waals surface area contributed by atoms with Gasteiger partial charge in [-0.15, -0.1) is 0 Å². The number of rotatable bonds is 3. The van der Waals surface area contributed by atoms with Gasteiger partial charge in [0.15, 0.2) is 0 Å². The zero-order valence-electron chi connectivity index (χ0n) is 7.65. The summed E-state index contributed by atoms with van der Waals surface area (Å²) >= 11 is 0. The molecule has 2 heterocycles. The highest BCUT2D eigenvalue weighted by Gasteiger charge is 2.16. The van der Waals surface area contributed by atoms with Crippen molar-refractivity contribution < 1.29 is 4.74 Å².